The third kappa shape index (κ3) is 3.03. The fourth-order valence-corrected chi connectivity index (χ4v) is 1.79. The molecule has 1 aromatic carbocycles. The van der Waals surface area contributed by atoms with Crippen molar-refractivity contribution in [3.8, 4) is 0 Å². The molecule has 3 nitrogen and oxygen atoms in total. The van der Waals surface area contributed by atoms with Crippen LogP contribution in [0, 0.1) is 5.95 Å². The molecule has 2 aromatic rings. The Morgan fingerprint density at radius 2 is 1.89 bits per heavy atom. The number of anilines is 1. The molecule has 1 heterocycles. The van der Waals surface area contributed by atoms with Crippen LogP contribution in [0.5, 0.6) is 0 Å². The van der Waals surface area contributed by atoms with Crippen molar-refractivity contribution in [3.63, 3.8) is 0 Å². The molecule has 0 aliphatic carbocycles. The summed E-state index contributed by atoms with van der Waals surface area (Å²) in [5, 5.41) is 0. The lowest BCUT2D eigenvalue weighted by atomic mass is 10.2. The normalized spacial score (nSPS) is 10.7. The van der Waals surface area contributed by atoms with Crippen LogP contribution in [0.15, 0.2) is 42.7 Å². The number of halogens is 1. The van der Waals surface area contributed by atoms with Crippen LogP contribution >= 0.6 is 0 Å². The highest BCUT2D eigenvalue weighted by Crippen LogP contribution is 2.17. The summed E-state index contributed by atoms with van der Waals surface area (Å²) < 4.78 is 13.2. The maximum absolute atomic E-state index is 13.2. The Bertz CT molecular complexity index is 499. The summed E-state index contributed by atoms with van der Waals surface area (Å²) >= 11 is 0. The average Bonchev–Trinajstić information content (AvgIpc) is 2.37. The Morgan fingerprint density at radius 3 is 2.50 bits per heavy atom. The molecule has 4 heteroatoms. The van der Waals surface area contributed by atoms with Crippen LogP contribution < -0.4 is 4.90 Å². The van der Waals surface area contributed by atoms with Gasteiger partial charge < -0.3 is 4.90 Å². The third-order valence-corrected chi connectivity index (χ3v) is 2.73. The van der Waals surface area contributed by atoms with E-state index in [1.54, 1.807) is 0 Å². The number of benzene rings is 1. The molecule has 0 aliphatic rings. The molecule has 0 fully saturated rings. The van der Waals surface area contributed by atoms with Crippen LogP contribution in [0.1, 0.15) is 19.4 Å². The van der Waals surface area contributed by atoms with E-state index in [-0.39, 0.29) is 6.04 Å². The zero-order valence-electron chi connectivity index (χ0n) is 10.5. The largest absolute Gasteiger partial charge is 0.350 e. The Balaban J connectivity index is 2.24. The lowest BCUT2D eigenvalue weighted by molar-refractivity contribution is 0.574. The predicted molar refractivity (Wildman–Crippen MR) is 69.8 cm³/mol. The topological polar surface area (TPSA) is 29.0 Å². The zero-order valence-corrected chi connectivity index (χ0v) is 10.5. The summed E-state index contributed by atoms with van der Waals surface area (Å²) in [5.74, 6) is 0.111. The molecule has 0 N–H and O–H groups in total. The molecule has 0 radical (unpaired) electrons. The molecule has 2 rings (SSSR count). The number of nitrogens with zero attached hydrogens (tertiary/aromatic N) is 3. The molecular formula is C14H16FN3. The molecule has 0 atom stereocenters. The highest BCUT2D eigenvalue weighted by molar-refractivity contribution is 5.39. The van der Waals surface area contributed by atoms with Gasteiger partial charge in [-0.1, -0.05) is 30.3 Å². The highest BCUT2D eigenvalue weighted by Gasteiger charge is 2.13. The first-order valence-corrected chi connectivity index (χ1v) is 5.95. The van der Waals surface area contributed by atoms with Crippen molar-refractivity contribution < 1.29 is 4.39 Å². The minimum Gasteiger partial charge on any atom is -0.350 e. The fraction of sp³-hybridized carbons (Fsp3) is 0.286. The summed E-state index contributed by atoms with van der Waals surface area (Å²) in [6.07, 6.45) is 1.25. The van der Waals surface area contributed by atoms with E-state index in [9.17, 15) is 4.39 Å². The maximum atomic E-state index is 13.2. The van der Waals surface area contributed by atoms with Gasteiger partial charge in [0.25, 0.3) is 0 Å². The quantitative estimate of drug-likeness (QED) is 0.775. The first-order chi connectivity index (χ1) is 8.66. The van der Waals surface area contributed by atoms with Gasteiger partial charge in [-0.05, 0) is 19.4 Å². The van der Waals surface area contributed by atoms with Gasteiger partial charge in [-0.25, -0.2) is 9.97 Å². The van der Waals surface area contributed by atoms with Crippen molar-refractivity contribution in [2.75, 3.05) is 4.90 Å². The van der Waals surface area contributed by atoms with Gasteiger partial charge in [0.1, 0.15) is 12.1 Å². The van der Waals surface area contributed by atoms with Crippen molar-refractivity contribution in [2.24, 2.45) is 0 Å². The Hall–Kier alpha value is -1.97. The standard InChI is InChI=1S/C14H16FN3/c1-11(2)18(9-12-6-4-3-5-7-12)14-8-13(15)16-10-17-14/h3-8,10-11H,9H2,1-2H3. The van der Waals surface area contributed by atoms with Gasteiger partial charge in [0.05, 0.1) is 0 Å². The molecular weight excluding hydrogens is 229 g/mol. The van der Waals surface area contributed by atoms with Crippen molar-refractivity contribution in [1.82, 2.24) is 9.97 Å². The Labute approximate surface area is 106 Å². The maximum Gasteiger partial charge on any atom is 0.218 e. The number of rotatable bonds is 4. The molecule has 94 valence electrons. The van der Waals surface area contributed by atoms with Crippen LogP contribution in [0.25, 0.3) is 0 Å². The smallest absolute Gasteiger partial charge is 0.218 e. The summed E-state index contributed by atoms with van der Waals surface area (Å²) in [6, 6.07) is 11.7. The molecule has 0 bridgehead atoms. The predicted octanol–water partition coefficient (Wildman–Crippen LogP) is 3.03. The highest BCUT2D eigenvalue weighted by atomic mass is 19.1. The summed E-state index contributed by atoms with van der Waals surface area (Å²) in [7, 11) is 0. The van der Waals surface area contributed by atoms with Crippen molar-refractivity contribution in [3.05, 3.63) is 54.2 Å². The van der Waals surface area contributed by atoms with Gasteiger partial charge in [-0.3, -0.25) is 0 Å². The number of hydrogen-bond donors (Lipinski definition) is 0. The molecule has 0 saturated heterocycles. The molecule has 0 amide bonds. The Morgan fingerprint density at radius 1 is 1.17 bits per heavy atom. The van der Waals surface area contributed by atoms with E-state index in [4.69, 9.17) is 0 Å². The summed E-state index contributed by atoms with van der Waals surface area (Å²) in [5.41, 5.74) is 1.17. The fourth-order valence-electron chi connectivity index (χ4n) is 1.79. The first-order valence-electron chi connectivity index (χ1n) is 5.95. The van der Waals surface area contributed by atoms with Crippen LogP contribution in [0.4, 0.5) is 10.2 Å². The van der Waals surface area contributed by atoms with Crippen LogP contribution in [-0.4, -0.2) is 16.0 Å². The molecule has 1 aromatic heterocycles. The van der Waals surface area contributed by atoms with Gasteiger partial charge in [0.2, 0.25) is 5.95 Å². The first kappa shape index (κ1) is 12.5. The molecule has 0 unspecified atom stereocenters. The Kier molecular flexibility index (Phi) is 3.87. The molecule has 0 aliphatic heterocycles. The minimum absolute atomic E-state index is 0.236. The summed E-state index contributed by atoms with van der Waals surface area (Å²) in [6.45, 7) is 4.82. The second-order valence-electron chi connectivity index (χ2n) is 4.41. The third-order valence-electron chi connectivity index (χ3n) is 2.73. The molecule has 0 spiro atoms. The van der Waals surface area contributed by atoms with E-state index in [2.05, 4.69) is 23.8 Å². The summed E-state index contributed by atoms with van der Waals surface area (Å²) in [4.78, 5) is 9.66. The van der Waals surface area contributed by atoms with Gasteiger partial charge in [0.15, 0.2) is 0 Å². The monoisotopic (exact) mass is 245 g/mol. The van der Waals surface area contributed by atoms with Crippen molar-refractivity contribution in [2.45, 2.75) is 26.4 Å². The van der Waals surface area contributed by atoms with Gasteiger partial charge >= 0.3 is 0 Å². The van der Waals surface area contributed by atoms with E-state index in [0.29, 0.717) is 12.4 Å². The second-order valence-corrected chi connectivity index (χ2v) is 4.41. The van der Waals surface area contributed by atoms with E-state index in [1.165, 1.54) is 18.0 Å². The van der Waals surface area contributed by atoms with Crippen LogP contribution in [0.3, 0.4) is 0 Å². The minimum atomic E-state index is -0.501. The van der Waals surface area contributed by atoms with Gasteiger partial charge in [0, 0.05) is 18.7 Å². The molecule has 18 heavy (non-hydrogen) atoms. The molecule has 0 saturated carbocycles. The van der Waals surface area contributed by atoms with Gasteiger partial charge in [-0.15, -0.1) is 0 Å². The van der Waals surface area contributed by atoms with E-state index >= 15 is 0 Å². The van der Waals surface area contributed by atoms with E-state index in [1.807, 2.05) is 35.2 Å². The van der Waals surface area contributed by atoms with Crippen LogP contribution in [0.2, 0.25) is 0 Å². The van der Waals surface area contributed by atoms with Crippen molar-refractivity contribution in [1.29, 1.82) is 0 Å². The average molecular weight is 245 g/mol. The number of hydrogen-bond acceptors (Lipinski definition) is 3. The number of aromatic nitrogens is 2. The van der Waals surface area contributed by atoms with Crippen molar-refractivity contribution >= 4 is 5.82 Å². The lowest BCUT2D eigenvalue weighted by Crippen LogP contribution is -2.31. The van der Waals surface area contributed by atoms with E-state index in [0.717, 1.165) is 0 Å². The van der Waals surface area contributed by atoms with Gasteiger partial charge in [-0.2, -0.15) is 4.39 Å². The zero-order chi connectivity index (χ0) is 13.0. The van der Waals surface area contributed by atoms with E-state index < -0.39 is 5.95 Å². The lowest BCUT2D eigenvalue weighted by Gasteiger charge is -2.27. The van der Waals surface area contributed by atoms with Crippen LogP contribution in [-0.2, 0) is 6.54 Å². The SMILES string of the molecule is CC(C)N(Cc1ccccc1)c1cc(F)ncn1. The second kappa shape index (κ2) is 5.58.